The van der Waals surface area contributed by atoms with Crippen LogP contribution in [-0.4, -0.2) is 41.1 Å². The van der Waals surface area contributed by atoms with Gasteiger partial charge in [0.2, 0.25) is 5.91 Å². The van der Waals surface area contributed by atoms with E-state index >= 15 is 0 Å². The zero-order valence-electron chi connectivity index (χ0n) is 15.2. The largest absolute Gasteiger partial charge is 0.360 e. The van der Waals surface area contributed by atoms with Gasteiger partial charge in [-0.2, -0.15) is 0 Å². The molecule has 1 saturated heterocycles. The Balaban J connectivity index is 1.39. The lowest BCUT2D eigenvalue weighted by Gasteiger charge is -2.35. The number of hydrogen-bond donors (Lipinski definition) is 2. The molecule has 0 aromatic carbocycles. The van der Waals surface area contributed by atoms with Gasteiger partial charge < -0.3 is 15.5 Å². The number of fused-ring (bicyclic) bond motifs is 2. The minimum absolute atomic E-state index is 0.204. The van der Waals surface area contributed by atoms with Gasteiger partial charge in [0.05, 0.1) is 0 Å². The lowest BCUT2D eigenvalue weighted by atomic mass is 9.95. The SMILES string of the molecule is CCC(CC)C(=O)N1CCC(NC(=S)N[C@@H]2C[C@H]3CC[C@H]2C3)CC1. The Morgan fingerprint density at radius 1 is 1.08 bits per heavy atom. The minimum atomic E-state index is 0.204. The van der Waals surface area contributed by atoms with E-state index in [2.05, 4.69) is 29.4 Å². The zero-order valence-corrected chi connectivity index (χ0v) is 16.0. The summed E-state index contributed by atoms with van der Waals surface area (Å²) in [4.78, 5) is 14.5. The number of carbonyl (C=O) groups excluding carboxylic acids is 1. The van der Waals surface area contributed by atoms with Crippen LogP contribution in [0, 0.1) is 17.8 Å². The van der Waals surface area contributed by atoms with Gasteiger partial charge in [0.1, 0.15) is 0 Å². The molecule has 0 aromatic heterocycles. The van der Waals surface area contributed by atoms with Crippen LogP contribution >= 0.6 is 12.2 Å². The van der Waals surface area contributed by atoms with Crippen LogP contribution in [0.1, 0.15) is 65.2 Å². The van der Waals surface area contributed by atoms with Crippen LogP contribution in [0.2, 0.25) is 0 Å². The number of rotatable bonds is 5. The molecule has 3 atom stereocenters. The predicted molar refractivity (Wildman–Crippen MR) is 102 cm³/mol. The van der Waals surface area contributed by atoms with Crippen molar-refractivity contribution >= 4 is 23.2 Å². The molecule has 2 saturated carbocycles. The van der Waals surface area contributed by atoms with E-state index in [1.54, 1.807) is 0 Å². The molecule has 0 aromatic rings. The van der Waals surface area contributed by atoms with Crippen LogP contribution < -0.4 is 10.6 Å². The van der Waals surface area contributed by atoms with Gasteiger partial charge >= 0.3 is 0 Å². The standard InChI is InChI=1S/C19H33N3OS/c1-3-14(4-2)18(23)22-9-7-16(8-10-22)20-19(24)21-17-12-13-5-6-15(17)11-13/h13-17H,3-12H2,1-2H3,(H2,20,21,24)/t13-,15-,17+/m0/s1. The van der Waals surface area contributed by atoms with Crippen molar-refractivity contribution in [3.05, 3.63) is 0 Å². The number of likely N-dealkylation sites (tertiary alicyclic amines) is 1. The molecule has 2 N–H and O–H groups in total. The monoisotopic (exact) mass is 351 g/mol. The second kappa shape index (κ2) is 8.03. The fourth-order valence-electron chi connectivity index (χ4n) is 4.96. The van der Waals surface area contributed by atoms with Crippen molar-refractivity contribution in [2.24, 2.45) is 17.8 Å². The Morgan fingerprint density at radius 3 is 2.33 bits per heavy atom. The highest BCUT2D eigenvalue weighted by Crippen LogP contribution is 2.44. The van der Waals surface area contributed by atoms with Crippen LogP contribution in [0.5, 0.6) is 0 Å². The highest BCUT2D eigenvalue weighted by Gasteiger charge is 2.39. The van der Waals surface area contributed by atoms with Crippen molar-refractivity contribution in [2.45, 2.75) is 77.3 Å². The lowest BCUT2D eigenvalue weighted by Crippen LogP contribution is -2.52. The molecule has 4 nitrogen and oxygen atoms in total. The highest BCUT2D eigenvalue weighted by molar-refractivity contribution is 7.80. The molecule has 5 heteroatoms. The van der Waals surface area contributed by atoms with Crippen molar-refractivity contribution in [1.29, 1.82) is 0 Å². The summed E-state index contributed by atoms with van der Waals surface area (Å²) < 4.78 is 0. The second-order valence-corrected chi connectivity index (χ2v) is 8.42. The first kappa shape index (κ1) is 18.0. The van der Waals surface area contributed by atoms with Crippen molar-refractivity contribution < 1.29 is 4.79 Å². The summed E-state index contributed by atoms with van der Waals surface area (Å²) in [6, 6.07) is 1.01. The third-order valence-electron chi connectivity index (χ3n) is 6.53. The molecule has 2 aliphatic carbocycles. The molecular weight excluding hydrogens is 318 g/mol. The van der Waals surface area contributed by atoms with Gasteiger partial charge in [-0.25, -0.2) is 0 Å². The number of piperidine rings is 1. The topological polar surface area (TPSA) is 44.4 Å². The smallest absolute Gasteiger partial charge is 0.225 e. The predicted octanol–water partition coefficient (Wildman–Crippen LogP) is 3.07. The van der Waals surface area contributed by atoms with E-state index in [1.807, 2.05) is 0 Å². The van der Waals surface area contributed by atoms with Crippen LogP contribution in [0.4, 0.5) is 0 Å². The molecule has 2 bridgehead atoms. The fraction of sp³-hybridized carbons (Fsp3) is 0.895. The summed E-state index contributed by atoms with van der Waals surface area (Å²) in [5.74, 6) is 2.33. The normalized spacial score (nSPS) is 30.0. The maximum Gasteiger partial charge on any atom is 0.225 e. The van der Waals surface area contributed by atoms with E-state index in [0.29, 0.717) is 18.0 Å². The molecule has 0 radical (unpaired) electrons. The van der Waals surface area contributed by atoms with E-state index in [1.165, 1.54) is 25.7 Å². The molecule has 1 amide bonds. The Bertz CT molecular complexity index is 458. The molecule has 3 rings (SSSR count). The summed E-state index contributed by atoms with van der Waals surface area (Å²) in [5.41, 5.74) is 0. The van der Waals surface area contributed by atoms with E-state index in [4.69, 9.17) is 12.2 Å². The van der Waals surface area contributed by atoms with E-state index in [-0.39, 0.29) is 5.92 Å². The van der Waals surface area contributed by atoms with Gasteiger partial charge in [0, 0.05) is 31.1 Å². The number of nitrogens with one attached hydrogen (secondary N) is 2. The van der Waals surface area contributed by atoms with Crippen LogP contribution in [-0.2, 0) is 4.79 Å². The number of hydrogen-bond acceptors (Lipinski definition) is 2. The number of nitrogens with zero attached hydrogens (tertiary/aromatic N) is 1. The van der Waals surface area contributed by atoms with Gasteiger partial charge in [0.15, 0.2) is 5.11 Å². The molecule has 3 aliphatic rings. The molecular formula is C19H33N3OS. The third kappa shape index (κ3) is 4.04. The maximum atomic E-state index is 12.5. The second-order valence-electron chi connectivity index (χ2n) is 8.01. The Labute approximate surface area is 152 Å². The molecule has 1 aliphatic heterocycles. The molecule has 0 spiro atoms. The first-order valence-electron chi connectivity index (χ1n) is 9.96. The quantitative estimate of drug-likeness (QED) is 0.747. The summed E-state index contributed by atoms with van der Waals surface area (Å²) in [6.07, 6.45) is 9.41. The Morgan fingerprint density at radius 2 is 1.79 bits per heavy atom. The van der Waals surface area contributed by atoms with Gasteiger partial charge in [-0.3, -0.25) is 4.79 Å². The van der Waals surface area contributed by atoms with Crippen LogP contribution in [0.25, 0.3) is 0 Å². The van der Waals surface area contributed by atoms with Crippen molar-refractivity contribution in [1.82, 2.24) is 15.5 Å². The molecule has 0 unspecified atom stereocenters. The summed E-state index contributed by atoms with van der Waals surface area (Å²) in [6.45, 7) is 5.95. The van der Waals surface area contributed by atoms with Gasteiger partial charge in [-0.05, 0) is 69.0 Å². The summed E-state index contributed by atoms with van der Waals surface area (Å²) in [7, 11) is 0. The Kier molecular flexibility index (Phi) is 6.01. The third-order valence-corrected chi connectivity index (χ3v) is 6.77. The van der Waals surface area contributed by atoms with Crippen LogP contribution in [0.15, 0.2) is 0 Å². The molecule has 1 heterocycles. The maximum absolute atomic E-state index is 12.5. The van der Waals surface area contributed by atoms with Gasteiger partial charge in [-0.1, -0.05) is 20.3 Å². The van der Waals surface area contributed by atoms with Gasteiger partial charge in [0.25, 0.3) is 0 Å². The number of thiocarbonyl (C=S) groups is 1. The molecule has 3 fully saturated rings. The summed E-state index contributed by atoms with van der Waals surface area (Å²) >= 11 is 5.54. The van der Waals surface area contributed by atoms with Crippen molar-refractivity contribution in [3.63, 3.8) is 0 Å². The highest BCUT2D eigenvalue weighted by atomic mass is 32.1. The van der Waals surface area contributed by atoms with Crippen molar-refractivity contribution in [2.75, 3.05) is 13.1 Å². The first-order valence-corrected chi connectivity index (χ1v) is 10.4. The van der Waals surface area contributed by atoms with E-state index < -0.39 is 0 Å². The van der Waals surface area contributed by atoms with Gasteiger partial charge in [-0.15, -0.1) is 0 Å². The average molecular weight is 352 g/mol. The first-order chi connectivity index (χ1) is 11.6. The van der Waals surface area contributed by atoms with Crippen molar-refractivity contribution in [3.8, 4) is 0 Å². The van der Waals surface area contributed by atoms with E-state index in [9.17, 15) is 4.79 Å². The minimum Gasteiger partial charge on any atom is -0.360 e. The fourth-order valence-corrected chi connectivity index (χ4v) is 5.28. The average Bonchev–Trinajstić information content (AvgIpc) is 3.19. The zero-order chi connectivity index (χ0) is 17.1. The Hall–Kier alpha value is -0.840. The molecule has 24 heavy (non-hydrogen) atoms. The number of carbonyl (C=O) groups is 1. The van der Waals surface area contributed by atoms with Crippen LogP contribution in [0.3, 0.4) is 0 Å². The van der Waals surface area contributed by atoms with E-state index in [0.717, 1.165) is 55.7 Å². The lowest BCUT2D eigenvalue weighted by molar-refractivity contribution is -0.136. The number of amides is 1. The summed E-state index contributed by atoms with van der Waals surface area (Å²) in [5, 5.41) is 7.90. The molecule has 136 valence electrons.